The van der Waals surface area contributed by atoms with Crippen LogP contribution in [0.2, 0.25) is 0 Å². The molecule has 0 bridgehead atoms. The molecule has 0 saturated heterocycles. The van der Waals surface area contributed by atoms with Gasteiger partial charge in [-0.25, -0.2) is 13.4 Å². The van der Waals surface area contributed by atoms with Gasteiger partial charge in [-0.1, -0.05) is 0 Å². The van der Waals surface area contributed by atoms with Crippen LogP contribution in [0.5, 0.6) is 0 Å². The molecule has 0 atom stereocenters. The molecule has 0 spiro atoms. The third-order valence-corrected chi connectivity index (χ3v) is 3.63. The average Bonchev–Trinajstić information content (AvgIpc) is 2.69. The normalized spacial score (nSPS) is 11.6. The Balaban J connectivity index is 2.24. The lowest BCUT2D eigenvalue weighted by Gasteiger charge is -2.05. The number of anilines is 1. The first-order chi connectivity index (χ1) is 7.64. The number of hydrogen-bond acceptors (Lipinski definition) is 6. The fraction of sp³-hybridized carbons (Fsp3) is 0.625. The Kier molecular flexibility index (Phi) is 5.67. The Morgan fingerprint density at radius 1 is 1.44 bits per heavy atom. The number of methoxy groups -OCH3 is 1. The fourth-order valence-electron chi connectivity index (χ4n) is 0.871. The number of sulfonamides is 1. The van der Waals surface area contributed by atoms with E-state index < -0.39 is 10.0 Å². The van der Waals surface area contributed by atoms with E-state index in [-0.39, 0.29) is 12.4 Å². The maximum atomic E-state index is 11.5. The standard InChI is InChI=1S/C8H14N2O4S2/c1-13-3-4-14-5-7-16(11,12)10-8-9-2-6-15-8/h2,6H,3-5,7H2,1H3,(H,9,10). The lowest BCUT2D eigenvalue weighted by molar-refractivity contribution is 0.0785. The van der Waals surface area contributed by atoms with E-state index >= 15 is 0 Å². The quantitative estimate of drug-likeness (QED) is 0.695. The number of thiazole rings is 1. The molecule has 0 saturated carbocycles. The van der Waals surface area contributed by atoms with E-state index in [1.807, 2.05) is 0 Å². The van der Waals surface area contributed by atoms with Crippen molar-refractivity contribution in [2.75, 3.05) is 37.4 Å². The van der Waals surface area contributed by atoms with Crippen LogP contribution in [-0.4, -0.2) is 46.1 Å². The molecular weight excluding hydrogens is 252 g/mol. The van der Waals surface area contributed by atoms with Gasteiger partial charge in [-0.15, -0.1) is 11.3 Å². The molecule has 1 heterocycles. The van der Waals surface area contributed by atoms with E-state index in [0.29, 0.717) is 18.3 Å². The molecule has 6 nitrogen and oxygen atoms in total. The summed E-state index contributed by atoms with van der Waals surface area (Å²) in [5.41, 5.74) is 0. The molecule has 1 aromatic heterocycles. The molecule has 0 amide bonds. The summed E-state index contributed by atoms with van der Waals surface area (Å²) >= 11 is 1.23. The van der Waals surface area contributed by atoms with Crippen LogP contribution in [0.1, 0.15) is 0 Å². The summed E-state index contributed by atoms with van der Waals surface area (Å²) in [5, 5.41) is 2.07. The van der Waals surface area contributed by atoms with Gasteiger partial charge in [0.05, 0.1) is 25.6 Å². The SMILES string of the molecule is COCCOCCS(=O)(=O)Nc1nccs1. The maximum Gasteiger partial charge on any atom is 0.236 e. The summed E-state index contributed by atoms with van der Waals surface area (Å²) in [6.07, 6.45) is 1.54. The Hall–Kier alpha value is -0.700. The Labute approximate surface area is 98.7 Å². The van der Waals surface area contributed by atoms with Crippen molar-refractivity contribution < 1.29 is 17.9 Å². The van der Waals surface area contributed by atoms with Crippen LogP contribution < -0.4 is 4.72 Å². The highest BCUT2D eigenvalue weighted by Gasteiger charge is 2.11. The van der Waals surface area contributed by atoms with Crippen molar-refractivity contribution in [3.63, 3.8) is 0 Å². The first-order valence-corrected chi connectivity index (χ1v) is 7.14. The van der Waals surface area contributed by atoms with E-state index in [0.717, 1.165) is 0 Å². The average molecular weight is 266 g/mol. The predicted molar refractivity (Wildman–Crippen MR) is 62.2 cm³/mol. The van der Waals surface area contributed by atoms with Gasteiger partial charge in [0.15, 0.2) is 5.13 Å². The van der Waals surface area contributed by atoms with E-state index in [4.69, 9.17) is 9.47 Å². The van der Waals surface area contributed by atoms with Crippen molar-refractivity contribution in [1.82, 2.24) is 4.98 Å². The Morgan fingerprint density at radius 3 is 2.88 bits per heavy atom. The van der Waals surface area contributed by atoms with Crippen LogP contribution in [0.3, 0.4) is 0 Å². The summed E-state index contributed by atoms with van der Waals surface area (Å²) in [4.78, 5) is 3.83. The number of ether oxygens (including phenoxy) is 2. The zero-order valence-electron chi connectivity index (χ0n) is 8.88. The number of rotatable bonds is 8. The first-order valence-electron chi connectivity index (χ1n) is 4.61. The molecule has 8 heteroatoms. The van der Waals surface area contributed by atoms with Crippen molar-refractivity contribution >= 4 is 26.5 Å². The number of nitrogens with one attached hydrogen (secondary N) is 1. The molecule has 0 aliphatic heterocycles. The molecule has 0 unspecified atom stereocenters. The smallest absolute Gasteiger partial charge is 0.236 e. The van der Waals surface area contributed by atoms with Gasteiger partial charge >= 0.3 is 0 Å². The number of nitrogens with zero attached hydrogens (tertiary/aromatic N) is 1. The van der Waals surface area contributed by atoms with Gasteiger partial charge in [-0.3, -0.25) is 4.72 Å². The largest absolute Gasteiger partial charge is 0.382 e. The highest BCUT2D eigenvalue weighted by atomic mass is 32.2. The zero-order chi connectivity index (χ0) is 11.9. The number of hydrogen-bond donors (Lipinski definition) is 1. The number of aromatic nitrogens is 1. The summed E-state index contributed by atoms with van der Waals surface area (Å²) < 4.78 is 35.1. The third kappa shape index (κ3) is 5.40. The molecule has 0 aliphatic carbocycles. The molecule has 92 valence electrons. The zero-order valence-corrected chi connectivity index (χ0v) is 10.5. The van der Waals surface area contributed by atoms with Gasteiger partial charge in [0.2, 0.25) is 10.0 Å². The van der Waals surface area contributed by atoms with Gasteiger partial charge in [-0.05, 0) is 0 Å². The second kappa shape index (κ2) is 6.79. The van der Waals surface area contributed by atoms with Gasteiger partial charge in [-0.2, -0.15) is 0 Å². The molecule has 1 rings (SSSR count). The predicted octanol–water partition coefficient (Wildman–Crippen LogP) is 0.548. The second-order valence-electron chi connectivity index (χ2n) is 2.86. The highest BCUT2D eigenvalue weighted by molar-refractivity contribution is 7.92. The van der Waals surface area contributed by atoms with Crippen molar-refractivity contribution in [3.8, 4) is 0 Å². The highest BCUT2D eigenvalue weighted by Crippen LogP contribution is 2.12. The minimum atomic E-state index is -3.36. The topological polar surface area (TPSA) is 77.5 Å². The van der Waals surface area contributed by atoms with Gasteiger partial charge in [0.25, 0.3) is 0 Å². The van der Waals surface area contributed by atoms with Crippen LogP contribution in [0.4, 0.5) is 5.13 Å². The van der Waals surface area contributed by atoms with Crippen LogP contribution in [0, 0.1) is 0 Å². The van der Waals surface area contributed by atoms with E-state index in [1.165, 1.54) is 17.5 Å². The van der Waals surface area contributed by atoms with Crippen molar-refractivity contribution in [3.05, 3.63) is 11.6 Å². The van der Waals surface area contributed by atoms with E-state index in [9.17, 15) is 8.42 Å². The molecular formula is C8H14N2O4S2. The summed E-state index contributed by atoms with van der Waals surface area (Å²) in [6.45, 7) is 0.993. The van der Waals surface area contributed by atoms with Crippen molar-refractivity contribution in [1.29, 1.82) is 0 Å². The maximum absolute atomic E-state index is 11.5. The van der Waals surface area contributed by atoms with Crippen molar-refractivity contribution in [2.24, 2.45) is 0 Å². The minimum Gasteiger partial charge on any atom is -0.382 e. The van der Waals surface area contributed by atoms with Crippen molar-refractivity contribution in [2.45, 2.75) is 0 Å². The second-order valence-corrected chi connectivity index (χ2v) is 5.60. The van der Waals surface area contributed by atoms with E-state index in [2.05, 4.69) is 9.71 Å². The lowest BCUT2D eigenvalue weighted by Crippen LogP contribution is -2.20. The monoisotopic (exact) mass is 266 g/mol. The van der Waals surface area contributed by atoms with E-state index in [1.54, 1.807) is 12.5 Å². The van der Waals surface area contributed by atoms with Crippen LogP contribution in [-0.2, 0) is 19.5 Å². The third-order valence-electron chi connectivity index (χ3n) is 1.60. The molecule has 16 heavy (non-hydrogen) atoms. The van der Waals surface area contributed by atoms with Crippen LogP contribution >= 0.6 is 11.3 Å². The van der Waals surface area contributed by atoms with Gasteiger partial charge in [0, 0.05) is 18.7 Å². The molecule has 0 fully saturated rings. The molecule has 0 aliphatic rings. The molecule has 0 radical (unpaired) electrons. The molecule has 1 N–H and O–H groups in total. The van der Waals surface area contributed by atoms with Gasteiger partial charge in [0.1, 0.15) is 0 Å². The summed E-state index contributed by atoms with van der Waals surface area (Å²) in [6, 6.07) is 0. The molecule has 1 aromatic rings. The fourth-order valence-corrected chi connectivity index (χ4v) is 2.57. The summed E-state index contributed by atoms with van der Waals surface area (Å²) in [7, 11) is -1.80. The minimum absolute atomic E-state index is 0.0870. The Morgan fingerprint density at radius 2 is 2.25 bits per heavy atom. The molecule has 0 aromatic carbocycles. The van der Waals surface area contributed by atoms with Crippen LogP contribution in [0.15, 0.2) is 11.6 Å². The first kappa shape index (κ1) is 13.4. The van der Waals surface area contributed by atoms with Crippen LogP contribution in [0.25, 0.3) is 0 Å². The summed E-state index contributed by atoms with van der Waals surface area (Å²) in [5.74, 6) is -0.0870. The van der Waals surface area contributed by atoms with Gasteiger partial charge < -0.3 is 9.47 Å². The lowest BCUT2D eigenvalue weighted by atomic mass is 10.7. The Bertz CT molecular complexity index is 377.